The molecule has 0 bridgehead atoms. The van der Waals surface area contributed by atoms with Gasteiger partial charge >= 0.3 is 0 Å². The first kappa shape index (κ1) is 12.8. The number of unbranched alkanes of at least 4 members (excludes halogenated alkanes) is 1. The standard InChI is InChI=1S/C13H23N3/c1-4-6-8-16(3)13-9-12(10-14-11-13)15-7-5-2/h9-11,15H,4-8H2,1-3H3. The second-order valence-electron chi connectivity index (χ2n) is 4.13. The summed E-state index contributed by atoms with van der Waals surface area (Å²) in [5.41, 5.74) is 2.30. The van der Waals surface area contributed by atoms with Crippen molar-refractivity contribution in [2.45, 2.75) is 33.1 Å². The van der Waals surface area contributed by atoms with Crippen molar-refractivity contribution in [1.82, 2.24) is 4.98 Å². The van der Waals surface area contributed by atoms with E-state index in [1.54, 1.807) is 0 Å². The Morgan fingerprint density at radius 3 is 2.75 bits per heavy atom. The molecule has 1 aromatic heterocycles. The fraction of sp³-hybridized carbons (Fsp3) is 0.615. The van der Waals surface area contributed by atoms with Gasteiger partial charge in [0.25, 0.3) is 0 Å². The largest absolute Gasteiger partial charge is 0.384 e. The van der Waals surface area contributed by atoms with Crippen LogP contribution < -0.4 is 10.2 Å². The van der Waals surface area contributed by atoms with Gasteiger partial charge in [-0.05, 0) is 18.9 Å². The molecule has 3 heteroatoms. The number of aromatic nitrogens is 1. The Balaban J connectivity index is 2.58. The molecule has 0 amide bonds. The van der Waals surface area contributed by atoms with E-state index < -0.39 is 0 Å². The maximum absolute atomic E-state index is 4.26. The molecule has 0 aliphatic rings. The summed E-state index contributed by atoms with van der Waals surface area (Å²) in [7, 11) is 2.12. The van der Waals surface area contributed by atoms with Crippen LogP contribution in [0.15, 0.2) is 18.5 Å². The monoisotopic (exact) mass is 221 g/mol. The van der Waals surface area contributed by atoms with Crippen molar-refractivity contribution in [3.8, 4) is 0 Å². The summed E-state index contributed by atoms with van der Waals surface area (Å²) in [6, 6.07) is 2.16. The average Bonchev–Trinajstić information content (AvgIpc) is 2.33. The van der Waals surface area contributed by atoms with Crippen LogP contribution in [0, 0.1) is 0 Å². The van der Waals surface area contributed by atoms with Crippen LogP contribution in [0.25, 0.3) is 0 Å². The minimum atomic E-state index is 1.00. The molecule has 0 atom stereocenters. The van der Waals surface area contributed by atoms with Crippen LogP contribution in [0.3, 0.4) is 0 Å². The highest BCUT2D eigenvalue weighted by Gasteiger charge is 2.01. The minimum absolute atomic E-state index is 1.00. The van der Waals surface area contributed by atoms with Gasteiger partial charge in [-0.2, -0.15) is 0 Å². The van der Waals surface area contributed by atoms with Gasteiger partial charge in [-0.15, -0.1) is 0 Å². The van der Waals surface area contributed by atoms with Crippen LogP contribution in [0.5, 0.6) is 0 Å². The molecule has 16 heavy (non-hydrogen) atoms. The maximum Gasteiger partial charge on any atom is 0.0570 e. The van der Waals surface area contributed by atoms with E-state index in [0.29, 0.717) is 0 Å². The molecule has 1 aromatic rings. The van der Waals surface area contributed by atoms with E-state index in [1.807, 2.05) is 12.4 Å². The summed E-state index contributed by atoms with van der Waals surface area (Å²) in [6.07, 6.45) is 7.39. The summed E-state index contributed by atoms with van der Waals surface area (Å²) in [5.74, 6) is 0. The molecule has 0 saturated heterocycles. The van der Waals surface area contributed by atoms with Crippen LogP contribution >= 0.6 is 0 Å². The van der Waals surface area contributed by atoms with Gasteiger partial charge in [0.2, 0.25) is 0 Å². The van der Waals surface area contributed by atoms with Gasteiger partial charge in [0, 0.05) is 20.1 Å². The third-order valence-corrected chi connectivity index (χ3v) is 2.59. The van der Waals surface area contributed by atoms with Crippen molar-refractivity contribution < 1.29 is 0 Å². The number of hydrogen-bond acceptors (Lipinski definition) is 3. The predicted molar refractivity (Wildman–Crippen MR) is 71.2 cm³/mol. The molecule has 1 heterocycles. The highest BCUT2D eigenvalue weighted by atomic mass is 15.1. The van der Waals surface area contributed by atoms with Gasteiger partial charge < -0.3 is 10.2 Å². The minimum Gasteiger partial charge on any atom is -0.384 e. The van der Waals surface area contributed by atoms with E-state index in [0.717, 1.165) is 25.2 Å². The maximum atomic E-state index is 4.26. The Morgan fingerprint density at radius 2 is 2.06 bits per heavy atom. The molecule has 0 spiro atoms. The lowest BCUT2D eigenvalue weighted by atomic mass is 10.3. The van der Waals surface area contributed by atoms with Crippen LogP contribution in [0.1, 0.15) is 33.1 Å². The summed E-state index contributed by atoms with van der Waals surface area (Å²) in [4.78, 5) is 6.52. The number of nitrogens with zero attached hydrogens (tertiary/aromatic N) is 2. The molecule has 0 fully saturated rings. The van der Waals surface area contributed by atoms with Crippen molar-refractivity contribution in [2.24, 2.45) is 0 Å². The van der Waals surface area contributed by atoms with E-state index in [1.165, 1.54) is 18.5 Å². The van der Waals surface area contributed by atoms with Gasteiger partial charge in [0.1, 0.15) is 0 Å². The molecule has 0 unspecified atom stereocenters. The molecular weight excluding hydrogens is 198 g/mol. The van der Waals surface area contributed by atoms with Crippen LogP contribution in [0.4, 0.5) is 11.4 Å². The zero-order valence-corrected chi connectivity index (χ0v) is 10.7. The lowest BCUT2D eigenvalue weighted by molar-refractivity contribution is 0.765. The Bertz CT molecular complexity index is 299. The number of anilines is 2. The highest BCUT2D eigenvalue weighted by Crippen LogP contribution is 2.16. The van der Waals surface area contributed by atoms with Gasteiger partial charge in [-0.3, -0.25) is 4.98 Å². The van der Waals surface area contributed by atoms with Crippen molar-refractivity contribution in [3.05, 3.63) is 18.5 Å². The number of rotatable bonds is 7. The highest BCUT2D eigenvalue weighted by molar-refractivity contribution is 5.55. The molecule has 0 aromatic carbocycles. The summed E-state index contributed by atoms with van der Waals surface area (Å²) < 4.78 is 0. The molecule has 1 rings (SSSR count). The number of pyridine rings is 1. The number of hydrogen-bond donors (Lipinski definition) is 1. The lowest BCUT2D eigenvalue weighted by Crippen LogP contribution is -2.18. The van der Waals surface area contributed by atoms with Crippen LogP contribution in [-0.2, 0) is 0 Å². The lowest BCUT2D eigenvalue weighted by Gasteiger charge is -2.19. The molecule has 0 radical (unpaired) electrons. The first-order chi connectivity index (χ1) is 7.77. The van der Waals surface area contributed by atoms with Crippen LogP contribution in [0.2, 0.25) is 0 Å². The third-order valence-electron chi connectivity index (χ3n) is 2.59. The van der Waals surface area contributed by atoms with Gasteiger partial charge in [-0.25, -0.2) is 0 Å². The van der Waals surface area contributed by atoms with E-state index in [4.69, 9.17) is 0 Å². The fourth-order valence-electron chi connectivity index (χ4n) is 1.53. The van der Waals surface area contributed by atoms with Crippen molar-refractivity contribution in [3.63, 3.8) is 0 Å². The number of nitrogens with one attached hydrogen (secondary N) is 1. The van der Waals surface area contributed by atoms with Gasteiger partial charge in [0.05, 0.1) is 23.8 Å². The quantitative estimate of drug-likeness (QED) is 0.766. The first-order valence-electron chi connectivity index (χ1n) is 6.18. The summed E-state index contributed by atoms with van der Waals surface area (Å²) >= 11 is 0. The molecule has 90 valence electrons. The molecule has 0 saturated carbocycles. The van der Waals surface area contributed by atoms with E-state index in [2.05, 4.69) is 42.2 Å². The van der Waals surface area contributed by atoms with E-state index in [9.17, 15) is 0 Å². The molecular formula is C13H23N3. The van der Waals surface area contributed by atoms with E-state index in [-0.39, 0.29) is 0 Å². The summed E-state index contributed by atoms with van der Waals surface area (Å²) in [6.45, 7) is 6.47. The SMILES string of the molecule is CCCCN(C)c1cncc(NCCC)c1. The smallest absolute Gasteiger partial charge is 0.0570 e. The second-order valence-corrected chi connectivity index (χ2v) is 4.13. The Hall–Kier alpha value is -1.25. The Kier molecular flexibility index (Phi) is 5.68. The van der Waals surface area contributed by atoms with E-state index >= 15 is 0 Å². The Labute approximate surface area is 98.9 Å². The molecule has 0 aliphatic carbocycles. The van der Waals surface area contributed by atoms with Gasteiger partial charge in [0.15, 0.2) is 0 Å². The van der Waals surface area contributed by atoms with Crippen molar-refractivity contribution >= 4 is 11.4 Å². The molecule has 1 N–H and O–H groups in total. The predicted octanol–water partition coefficient (Wildman–Crippen LogP) is 3.14. The normalized spacial score (nSPS) is 10.2. The Morgan fingerprint density at radius 1 is 1.25 bits per heavy atom. The average molecular weight is 221 g/mol. The third kappa shape index (κ3) is 4.09. The topological polar surface area (TPSA) is 28.2 Å². The van der Waals surface area contributed by atoms with Crippen LogP contribution in [-0.4, -0.2) is 25.1 Å². The zero-order valence-electron chi connectivity index (χ0n) is 10.7. The zero-order chi connectivity index (χ0) is 11.8. The van der Waals surface area contributed by atoms with Gasteiger partial charge in [-0.1, -0.05) is 20.3 Å². The molecule has 0 aliphatic heterocycles. The van der Waals surface area contributed by atoms with Crippen molar-refractivity contribution in [1.29, 1.82) is 0 Å². The second kappa shape index (κ2) is 7.09. The summed E-state index contributed by atoms with van der Waals surface area (Å²) in [5, 5.41) is 3.36. The first-order valence-corrected chi connectivity index (χ1v) is 6.18. The molecule has 3 nitrogen and oxygen atoms in total. The van der Waals surface area contributed by atoms with Crippen molar-refractivity contribution in [2.75, 3.05) is 30.4 Å². The fourth-order valence-corrected chi connectivity index (χ4v) is 1.53.